The number of rotatable bonds is 7. The third-order valence-electron chi connectivity index (χ3n) is 2.81. The number of hydrogen-bond acceptors (Lipinski definition) is 6. The fourth-order valence-corrected chi connectivity index (χ4v) is 2.39. The van der Waals surface area contributed by atoms with Crippen LogP contribution in [0.3, 0.4) is 0 Å². The Hall–Kier alpha value is -1.57. The molecule has 116 valence electrons. The molecule has 0 spiro atoms. The minimum Gasteiger partial charge on any atom is -0.496 e. The van der Waals surface area contributed by atoms with E-state index >= 15 is 0 Å². The van der Waals surface area contributed by atoms with Gasteiger partial charge in [0.05, 0.1) is 19.6 Å². The zero-order chi connectivity index (χ0) is 16.0. The van der Waals surface area contributed by atoms with Gasteiger partial charge in [-0.25, -0.2) is 0 Å². The van der Waals surface area contributed by atoms with Gasteiger partial charge in [-0.3, -0.25) is 9.59 Å². The van der Waals surface area contributed by atoms with Crippen molar-refractivity contribution in [3.8, 4) is 5.75 Å². The monoisotopic (exact) mass is 314 g/mol. The van der Waals surface area contributed by atoms with E-state index in [0.29, 0.717) is 16.9 Å². The second-order valence-corrected chi connectivity index (χ2v) is 5.65. The average Bonchev–Trinajstić information content (AvgIpc) is 2.43. The molecule has 0 aromatic heterocycles. The highest BCUT2D eigenvalue weighted by atomic mass is 32.2. The van der Waals surface area contributed by atoms with Gasteiger partial charge in [-0.1, -0.05) is 17.8 Å². The number of aliphatic carboxylic acids is 1. The summed E-state index contributed by atoms with van der Waals surface area (Å²) in [6, 6.07) is 4.58. The number of carboxylic acid groups (broad SMARTS) is 1. The number of carbonyl (C=O) groups is 2. The fourth-order valence-electron chi connectivity index (χ4n) is 1.80. The Kier molecular flexibility index (Phi) is 6.67. The highest BCUT2D eigenvalue weighted by Gasteiger charge is 2.21. The molecule has 1 aromatic rings. The molecule has 0 bridgehead atoms. The van der Waals surface area contributed by atoms with Crippen molar-refractivity contribution in [1.82, 2.24) is 0 Å². The second-order valence-electron chi connectivity index (χ2n) is 4.46. The van der Waals surface area contributed by atoms with Gasteiger partial charge >= 0.3 is 5.97 Å². The summed E-state index contributed by atoms with van der Waals surface area (Å²) in [7, 11) is 1.43. The molecule has 0 aliphatic heterocycles. The van der Waals surface area contributed by atoms with Crippen LogP contribution in [-0.4, -0.2) is 45.4 Å². The van der Waals surface area contributed by atoms with Crippen molar-refractivity contribution in [3.63, 3.8) is 0 Å². The van der Waals surface area contributed by atoms with Gasteiger partial charge in [-0.15, -0.1) is 0 Å². The van der Waals surface area contributed by atoms with E-state index in [1.807, 2.05) is 0 Å². The lowest BCUT2D eigenvalue weighted by Crippen LogP contribution is -2.21. The molecule has 0 saturated carbocycles. The van der Waals surface area contributed by atoms with Crippen molar-refractivity contribution in [2.24, 2.45) is 0 Å². The molecule has 1 rings (SSSR count). The van der Waals surface area contributed by atoms with Crippen molar-refractivity contribution in [2.45, 2.75) is 25.6 Å². The highest BCUT2D eigenvalue weighted by Crippen LogP contribution is 2.26. The molecular formula is C14H18O6S. The summed E-state index contributed by atoms with van der Waals surface area (Å²) < 4.78 is 5.06. The molecule has 0 saturated heterocycles. The maximum absolute atomic E-state index is 10.9. The van der Waals surface area contributed by atoms with Crippen molar-refractivity contribution in [2.75, 3.05) is 12.9 Å². The Bertz CT molecular complexity index is 516. The summed E-state index contributed by atoms with van der Waals surface area (Å²) >= 11 is 0.917. The lowest BCUT2D eigenvalue weighted by Gasteiger charge is -2.19. The van der Waals surface area contributed by atoms with Gasteiger partial charge in [-0.2, -0.15) is 0 Å². The molecular weight excluding hydrogens is 296 g/mol. The van der Waals surface area contributed by atoms with E-state index in [0.717, 1.165) is 11.8 Å². The fraction of sp³-hybridized carbons (Fsp3) is 0.429. The van der Waals surface area contributed by atoms with E-state index in [9.17, 15) is 19.8 Å². The van der Waals surface area contributed by atoms with E-state index in [1.165, 1.54) is 20.1 Å². The van der Waals surface area contributed by atoms with Crippen LogP contribution in [0.15, 0.2) is 18.2 Å². The average molecular weight is 314 g/mol. The van der Waals surface area contributed by atoms with Crippen LogP contribution in [0.1, 0.15) is 24.2 Å². The predicted octanol–water partition coefficient (Wildman–Crippen LogP) is 0.996. The standard InChI is InChI=1S/C14H18O6S/c1-8(15)21-7-11(16)14(19)9-3-4-12(20-2)10(5-9)6-13(17)18/h3-5,11,14,16,19H,6-7H2,1-2H3,(H,17,18). The van der Waals surface area contributed by atoms with Crippen LogP contribution in [0.4, 0.5) is 0 Å². The number of aliphatic hydroxyl groups excluding tert-OH is 2. The number of thioether (sulfide) groups is 1. The van der Waals surface area contributed by atoms with Gasteiger partial charge in [-0.05, 0) is 17.7 Å². The van der Waals surface area contributed by atoms with Crippen molar-refractivity contribution in [1.29, 1.82) is 0 Å². The molecule has 0 aliphatic rings. The van der Waals surface area contributed by atoms with Crippen LogP contribution in [0.2, 0.25) is 0 Å². The molecule has 0 amide bonds. The summed E-state index contributed by atoms with van der Waals surface area (Å²) in [5.41, 5.74) is 0.789. The van der Waals surface area contributed by atoms with Crippen LogP contribution in [0, 0.1) is 0 Å². The third-order valence-corrected chi connectivity index (χ3v) is 3.72. The third kappa shape index (κ3) is 5.37. The molecule has 6 nitrogen and oxygen atoms in total. The van der Waals surface area contributed by atoms with E-state index in [-0.39, 0.29) is 17.3 Å². The van der Waals surface area contributed by atoms with Gasteiger partial charge in [0.2, 0.25) is 0 Å². The number of benzene rings is 1. The zero-order valence-corrected chi connectivity index (χ0v) is 12.6. The molecule has 0 radical (unpaired) electrons. The van der Waals surface area contributed by atoms with Crippen molar-refractivity contribution < 1.29 is 29.6 Å². The van der Waals surface area contributed by atoms with Crippen molar-refractivity contribution in [3.05, 3.63) is 29.3 Å². The largest absolute Gasteiger partial charge is 0.496 e. The predicted molar refractivity (Wildman–Crippen MR) is 78.4 cm³/mol. The van der Waals surface area contributed by atoms with Crippen LogP contribution >= 0.6 is 11.8 Å². The first-order valence-corrected chi connectivity index (χ1v) is 7.21. The van der Waals surface area contributed by atoms with Gasteiger partial charge in [0.15, 0.2) is 5.12 Å². The molecule has 2 unspecified atom stereocenters. The number of carbonyl (C=O) groups excluding carboxylic acids is 1. The molecule has 2 atom stereocenters. The number of methoxy groups -OCH3 is 1. The maximum Gasteiger partial charge on any atom is 0.307 e. The maximum atomic E-state index is 10.9. The number of carboxylic acids is 1. The van der Waals surface area contributed by atoms with Gasteiger partial charge in [0.1, 0.15) is 11.9 Å². The van der Waals surface area contributed by atoms with Gasteiger partial charge in [0.25, 0.3) is 0 Å². The Balaban J connectivity index is 2.91. The molecule has 0 fully saturated rings. The van der Waals surface area contributed by atoms with Crippen LogP contribution in [0.25, 0.3) is 0 Å². The zero-order valence-electron chi connectivity index (χ0n) is 11.8. The van der Waals surface area contributed by atoms with Crippen LogP contribution in [-0.2, 0) is 16.0 Å². The summed E-state index contributed by atoms with van der Waals surface area (Å²) in [4.78, 5) is 21.7. The van der Waals surface area contributed by atoms with Gasteiger partial charge in [0, 0.05) is 18.2 Å². The second kappa shape index (κ2) is 8.02. The normalized spacial score (nSPS) is 13.5. The summed E-state index contributed by atoms with van der Waals surface area (Å²) in [5.74, 6) is -0.551. The Labute approximate surface area is 126 Å². The molecule has 1 aromatic carbocycles. The topological polar surface area (TPSA) is 104 Å². The summed E-state index contributed by atoms with van der Waals surface area (Å²) in [5, 5.41) is 28.6. The highest BCUT2D eigenvalue weighted by molar-refractivity contribution is 8.13. The molecule has 7 heteroatoms. The number of hydrogen-bond donors (Lipinski definition) is 3. The lowest BCUT2D eigenvalue weighted by molar-refractivity contribution is -0.136. The first-order chi connectivity index (χ1) is 9.85. The quantitative estimate of drug-likeness (QED) is 0.689. The minimum absolute atomic E-state index is 0.0663. The molecule has 0 aliphatic carbocycles. The van der Waals surface area contributed by atoms with Crippen LogP contribution in [0.5, 0.6) is 5.75 Å². The van der Waals surface area contributed by atoms with E-state index < -0.39 is 18.2 Å². The van der Waals surface area contributed by atoms with E-state index in [4.69, 9.17) is 9.84 Å². The summed E-state index contributed by atoms with van der Waals surface area (Å²) in [6.07, 6.45) is -2.57. The van der Waals surface area contributed by atoms with Crippen molar-refractivity contribution >= 4 is 22.8 Å². The first-order valence-electron chi connectivity index (χ1n) is 6.23. The first kappa shape index (κ1) is 17.5. The Morgan fingerprint density at radius 3 is 2.52 bits per heavy atom. The minimum atomic E-state index is -1.20. The van der Waals surface area contributed by atoms with E-state index in [2.05, 4.69) is 0 Å². The Morgan fingerprint density at radius 2 is 2.00 bits per heavy atom. The SMILES string of the molecule is COc1ccc(C(O)C(O)CSC(C)=O)cc1CC(=O)O. The lowest BCUT2D eigenvalue weighted by atomic mass is 10.0. The molecule has 0 heterocycles. The number of ether oxygens (including phenoxy) is 1. The van der Waals surface area contributed by atoms with E-state index in [1.54, 1.807) is 12.1 Å². The smallest absolute Gasteiger partial charge is 0.307 e. The van der Waals surface area contributed by atoms with Crippen LogP contribution < -0.4 is 4.74 Å². The molecule has 3 N–H and O–H groups in total. The van der Waals surface area contributed by atoms with Gasteiger partial charge < -0.3 is 20.1 Å². The Morgan fingerprint density at radius 1 is 1.33 bits per heavy atom. The summed E-state index contributed by atoms with van der Waals surface area (Å²) in [6.45, 7) is 1.38. The number of aliphatic hydroxyl groups is 2. The molecule has 21 heavy (non-hydrogen) atoms.